The van der Waals surface area contributed by atoms with Gasteiger partial charge in [-0.1, -0.05) is 6.92 Å². The number of aliphatic carboxylic acids is 1. The van der Waals surface area contributed by atoms with Crippen LogP contribution in [-0.4, -0.2) is 56.6 Å². The normalized spacial score (nSPS) is 23.2. The van der Waals surface area contributed by atoms with Crippen molar-refractivity contribution in [2.75, 3.05) is 26.7 Å². The van der Waals surface area contributed by atoms with Crippen molar-refractivity contribution in [1.82, 2.24) is 9.03 Å². The van der Waals surface area contributed by atoms with Gasteiger partial charge in [0.05, 0.1) is 12.5 Å². The predicted octanol–water partition coefficient (Wildman–Crippen LogP) is 0.0424. The summed E-state index contributed by atoms with van der Waals surface area (Å²) in [5, 5.41) is 8.66. The zero-order valence-electron chi connectivity index (χ0n) is 11.3. The van der Waals surface area contributed by atoms with Crippen molar-refractivity contribution >= 4 is 16.2 Å². The van der Waals surface area contributed by atoms with E-state index in [1.807, 2.05) is 6.92 Å². The van der Waals surface area contributed by atoms with E-state index in [2.05, 4.69) is 4.72 Å². The second-order valence-corrected chi connectivity index (χ2v) is 6.67. The number of nitrogens with one attached hydrogen (secondary N) is 1. The molecule has 1 rings (SSSR count). The largest absolute Gasteiger partial charge is 0.481 e. The van der Waals surface area contributed by atoms with Crippen LogP contribution in [0.4, 0.5) is 0 Å². The maximum Gasteiger partial charge on any atom is 0.306 e. The zero-order valence-corrected chi connectivity index (χ0v) is 12.1. The topological polar surface area (TPSA) is 95.9 Å². The molecule has 0 amide bonds. The molecular formula is C11H22N2O5S. The summed E-state index contributed by atoms with van der Waals surface area (Å²) in [5.41, 5.74) is 0. The molecule has 1 fully saturated rings. The number of ether oxygens (including phenoxy) is 1. The molecule has 0 aromatic carbocycles. The molecule has 1 heterocycles. The van der Waals surface area contributed by atoms with Gasteiger partial charge in [0, 0.05) is 26.7 Å². The monoisotopic (exact) mass is 294 g/mol. The Bertz CT molecular complexity index is 398. The highest BCUT2D eigenvalue weighted by atomic mass is 32.2. The number of rotatable bonds is 7. The summed E-state index contributed by atoms with van der Waals surface area (Å²) in [6, 6.07) is 0. The van der Waals surface area contributed by atoms with E-state index in [9.17, 15) is 13.2 Å². The van der Waals surface area contributed by atoms with E-state index in [0.717, 1.165) is 12.8 Å². The van der Waals surface area contributed by atoms with Crippen LogP contribution in [0.1, 0.15) is 26.2 Å². The molecule has 7 nitrogen and oxygen atoms in total. The van der Waals surface area contributed by atoms with Gasteiger partial charge in [-0.25, -0.2) is 0 Å². The van der Waals surface area contributed by atoms with Crippen molar-refractivity contribution < 1.29 is 23.1 Å². The van der Waals surface area contributed by atoms with Crippen LogP contribution >= 0.6 is 0 Å². The van der Waals surface area contributed by atoms with Crippen molar-refractivity contribution in [1.29, 1.82) is 0 Å². The quantitative estimate of drug-likeness (QED) is 0.691. The Morgan fingerprint density at radius 3 is 2.79 bits per heavy atom. The van der Waals surface area contributed by atoms with Crippen LogP contribution in [0.2, 0.25) is 0 Å². The Morgan fingerprint density at radius 1 is 1.58 bits per heavy atom. The number of hydrogen-bond acceptors (Lipinski definition) is 4. The van der Waals surface area contributed by atoms with Gasteiger partial charge in [0.25, 0.3) is 10.2 Å². The van der Waals surface area contributed by atoms with E-state index >= 15 is 0 Å². The Balaban J connectivity index is 2.51. The third-order valence-electron chi connectivity index (χ3n) is 3.19. The Hall–Kier alpha value is -0.700. The number of carboxylic acid groups (broad SMARTS) is 1. The molecule has 0 aromatic rings. The minimum absolute atomic E-state index is 0.0317. The Kier molecular flexibility index (Phi) is 6.18. The lowest BCUT2D eigenvalue weighted by molar-refractivity contribution is -0.139. The molecule has 2 unspecified atom stereocenters. The van der Waals surface area contributed by atoms with Gasteiger partial charge in [-0.05, 0) is 18.8 Å². The van der Waals surface area contributed by atoms with Crippen molar-refractivity contribution in [2.45, 2.75) is 32.3 Å². The van der Waals surface area contributed by atoms with Crippen LogP contribution in [-0.2, 0) is 19.7 Å². The average Bonchev–Trinajstić information content (AvgIpc) is 2.34. The molecule has 0 aliphatic carbocycles. The standard InChI is InChI=1S/C11H22N2O5S/c1-9-4-3-5-13(8-9)19(16,17)12-7-10(18-2)6-11(14)15/h9-10,12H,3-8H2,1-2H3,(H,14,15). The van der Waals surface area contributed by atoms with Gasteiger partial charge in [0.2, 0.25) is 0 Å². The van der Waals surface area contributed by atoms with Gasteiger partial charge in [-0.15, -0.1) is 0 Å². The van der Waals surface area contributed by atoms with Crippen molar-refractivity contribution in [3.63, 3.8) is 0 Å². The third kappa shape index (κ3) is 5.43. The second-order valence-electron chi connectivity index (χ2n) is 4.91. The molecule has 2 atom stereocenters. The summed E-state index contributed by atoms with van der Waals surface area (Å²) in [6.07, 6.45) is 1.00. The molecule has 8 heteroatoms. The first kappa shape index (κ1) is 16.4. The van der Waals surface area contributed by atoms with Gasteiger partial charge >= 0.3 is 5.97 Å². The lowest BCUT2D eigenvalue weighted by atomic mass is 10.0. The summed E-state index contributed by atoms with van der Waals surface area (Å²) in [5.74, 6) is -0.666. The van der Waals surface area contributed by atoms with E-state index in [-0.39, 0.29) is 13.0 Å². The molecule has 1 saturated heterocycles. The summed E-state index contributed by atoms with van der Waals surface area (Å²) in [4.78, 5) is 10.6. The highest BCUT2D eigenvalue weighted by Crippen LogP contribution is 2.17. The van der Waals surface area contributed by atoms with Crippen molar-refractivity contribution in [3.05, 3.63) is 0 Å². The third-order valence-corrected chi connectivity index (χ3v) is 4.73. The van der Waals surface area contributed by atoms with Crippen LogP contribution < -0.4 is 4.72 Å². The summed E-state index contributed by atoms with van der Waals surface area (Å²) >= 11 is 0. The van der Waals surface area contributed by atoms with E-state index < -0.39 is 22.3 Å². The van der Waals surface area contributed by atoms with Gasteiger partial charge < -0.3 is 9.84 Å². The summed E-state index contributed by atoms with van der Waals surface area (Å²) in [6.45, 7) is 3.00. The van der Waals surface area contributed by atoms with Crippen molar-refractivity contribution in [2.24, 2.45) is 5.92 Å². The highest BCUT2D eigenvalue weighted by Gasteiger charge is 2.27. The van der Waals surface area contributed by atoms with Gasteiger partial charge in [0.15, 0.2) is 0 Å². The first-order valence-electron chi connectivity index (χ1n) is 6.34. The van der Waals surface area contributed by atoms with E-state index in [1.165, 1.54) is 11.4 Å². The van der Waals surface area contributed by atoms with Crippen LogP contribution in [0.25, 0.3) is 0 Å². The van der Waals surface area contributed by atoms with Crippen LogP contribution in [0.3, 0.4) is 0 Å². The molecule has 0 bridgehead atoms. The van der Waals surface area contributed by atoms with Gasteiger partial charge in [0.1, 0.15) is 0 Å². The molecule has 0 aromatic heterocycles. The fraction of sp³-hybridized carbons (Fsp3) is 0.909. The second kappa shape index (κ2) is 7.18. The number of carbonyl (C=O) groups is 1. The lowest BCUT2D eigenvalue weighted by Crippen LogP contribution is -2.47. The zero-order chi connectivity index (χ0) is 14.5. The minimum Gasteiger partial charge on any atom is -0.481 e. The average molecular weight is 294 g/mol. The fourth-order valence-corrected chi connectivity index (χ4v) is 3.49. The molecule has 1 aliphatic rings. The molecular weight excluding hydrogens is 272 g/mol. The smallest absolute Gasteiger partial charge is 0.306 e. The first-order chi connectivity index (χ1) is 8.85. The Labute approximate surface area is 114 Å². The number of piperidine rings is 1. The molecule has 19 heavy (non-hydrogen) atoms. The molecule has 0 saturated carbocycles. The molecule has 2 N–H and O–H groups in total. The lowest BCUT2D eigenvalue weighted by Gasteiger charge is -2.30. The van der Waals surface area contributed by atoms with Gasteiger partial charge in [-0.2, -0.15) is 17.4 Å². The molecule has 0 radical (unpaired) electrons. The van der Waals surface area contributed by atoms with E-state index in [4.69, 9.17) is 9.84 Å². The van der Waals surface area contributed by atoms with Crippen molar-refractivity contribution in [3.8, 4) is 0 Å². The molecule has 1 aliphatic heterocycles. The van der Waals surface area contributed by atoms with Gasteiger partial charge in [-0.3, -0.25) is 4.79 Å². The first-order valence-corrected chi connectivity index (χ1v) is 7.78. The number of nitrogens with zero attached hydrogens (tertiary/aromatic N) is 1. The number of methoxy groups -OCH3 is 1. The van der Waals surface area contributed by atoms with E-state index in [0.29, 0.717) is 19.0 Å². The van der Waals surface area contributed by atoms with Crippen LogP contribution in [0, 0.1) is 5.92 Å². The maximum absolute atomic E-state index is 12.0. The fourth-order valence-electron chi connectivity index (χ4n) is 2.09. The van der Waals surface area contributed by atoms with Crippen LogP contribution in [0.15, 0.2) is 0 Å². The minimum atomic E-state index is -3.55. The highest BCUT2D eigenvalue weighted by molar-refractivity contribution is 7.87. The number of carboxylic acids is 1. The molecule has 0 spiro atoms. The SMILES string of the molecule is COC(CNS(=O)(=O)N1CCCC(C)C1)CC(=O)O. The maximum atomic E-state index is 12.0. The predicted molar refractivity (Wildman–Crippen MR) is 69.9 cm³/mol. The van der Waals surface area contributed by atoms with E-state index in [1.54, 1.807) is 0 Å². The van der Waals surface area contributed by atoms with Crippen LogP contribution in [0.5, 0.6) is 0 Å². The molecule has 112 valence electrons. The summed E-state index contributed by atoms with van der Waals surface area (Å²) < 4.78 is 32.9. The summed E-state index contributed by atoms with van der Waals surface area (Å²) in [7, 11) is -2.18. The Morgan fingerprint density at radius 2 is 2.26 bits per heavy atom. The number of hydrogen-bond donors (Lipinski definition) is 2.